The summed E-state index contributed by atoms with van der Waals surface area (Å²) in [5.41, 5.74) is 2.59. The van der Waals surface area contributed by atoms with Gasteiger partial charge >= 0.3 is 0 Å². The van der Waals surface area contributed by atoms with Crippen molar-refractivity contribution in [2.24, 2.45) is 5.92 Å². The number of carbonyl (C=O) groups is 1. The molecule has 0 amide bonds. The predicted octanol–water partition coefficient (Wildman–Crippen LogP) is 2.70. The first-order valence-corrected chi connectivity index (χ1v) is 7.37. The molecule has 2 saturated heterocycles. The minimum Gasteiger partial charge on any atom is -0.372 e. The molecule has 1 atom stereocenters. The average molecular weight is 258 g/mol. The van der Waals surface area contributed by atoms with E-state index < -0.39 is 0 Å². The number of carbonyl (C=O) groups excluding carboxylic acids is 1. The van der Waals surface area contributed by atoms with Crippen LogP contribution in [0.15, 0.2) is 24.3 Å². The van der Waals surface area contributed by atoms with E-state index in [1.165, 1.54) is 37.3 Å². The molecule has 1 aromatic rings. The lowest BCUT2D eigenvalue weighted by Crippen LogP contribution is -2.39. The summed E-state index contributed by atoms with van der Waals surface area (Å²) in [5, 5.41) is 0. The molecule has 0 saturated carbocycles. The van der Waals surface area contributed by atoms with E-state index in [0.29, 0.717) is 12.2 Å². The first kappa shape index (κ1) is 12.5. The van der Waals surface area contributed by atoms with Gasteiger partial charge in [-0.1, -0.05) is 6.92 Å². The van der Waals surface area contributed by atoms with Crippen LogP contribution in [-0.4, -0.2) is 32.0 Å². The van der Waals surface area contributed by atoms with E-state index in [-0.39, 0.29) is 5.92 Å². The van der Waals surface area contributed by atoms with Crippen LogP contribution in [0.4, 0.5) is 11.4 Å². The molecule has 0 N–H and O–H groups in total. The standard InChI is InChI=1S/C16H22N2O/c1-13-12-18(11-8-16(13)19)15-6-4-14(5-7-15)17-9-2-3-10-17/h4-7,13H,2-3,8-12H2,1H3. The number of ketones is 1. The molecule has 2 fully saturated rings. The Morgan fingerprint density at radius 1 is 0.947 bits per heavy atom. The van der Waals surface area contributed by atoms with Crippen molar-refractivity contribution in [3.8, 4) is 0 Å². The molecule has 2 aliphatic rings. The molecular formula is C16H22N2O. The fraction of sp³-hybridized carbons (Fsp3) is 0.562. The Bertz CT molecular complexity index is 448. The summed E-state index contributed by atoms with van der Waals surface area (Å²) in [4.78, 5) is 16.3. The molecule has 102 valence electrons. The van der Waals surface area contributed by atoms with E-state index in [0.717, 1.165) is 13.1 Å². The van der Waals surface area contributed by atoms with Crippen molar-refractivity contribution in [1.29, 1.82) is 0 Å². The Balaban J connectivity index is 1.70. The van der Waals surface area contributed by atoms with Gasteiger partial charge in [0.05, 0.1) is 0 Å². The molecule has 0 aliphatic carbocycles. The highest BCUT2D eigenvalue weighted by Crippen LogP contribution is 2.26. The van der Waals surface area contributed by atoms with E-state index in [9.17, 15) is 4.79 Å². The number of rotatable bonds is 2. The summed E-state index contributed by atoms with van der Waals surface area (Å²) >= 11 is 0. The third-order valence-electron chi connectivity index (χ3n) is 4.36. The fourth-order valence-corrected chi connectivity index (χ4v) is 3.10. The fourth-order valence-electron chi connectivity index (χ4n) is 3.10. The van der Waals surface area contributed by atoms with Crippen molar-refractivity contribution in [1.82, 2.24) is 0 Å². The Hall–Kier alpha value is -1.51. The summed E-state index contributed by atoms with van der Waals surface area (Å²) in [5.74, 6) is 0.581. The van der Waals surface area contributed by atoms with Crippen LogP contribution in [0.25, 0.3) is 0 Å². The van der Waals surface area contributed by atoms with Crippen LogP contribution >= 0.6 is 0 Å². The van der Waals surface area contributed by atoms with E-state index >= 15 is 0 Å². The monoisotopic (exact) mass is 258 g/mol. The third kappa shape index (κ3) is 2.60. The number of hydrogen-bond acceptors (Lipinski definition) is 3. The second-order valence-electron chi connectivity index (χ2n) is 5.77. The van der Waals surface area contributed by atoms with Crippen molar-refractivity contribution < 1.29 is 4.79 Å². The van der Waals surface area contributed by atoms with Gasteiger partial charge in [0.15, 0.2) is 0 Å². The summed E-state index contributed by atoms with van der Waals surface area (Å²) in [6.07, 6.45) is 3.32. The topological polar surface area (TPSA) is 23.6 Å². The van der Waals surface area contributed by atoms with Crippen molar-refractivity contribution in [2.45, 2.75) is 26.2 Å². The van der Waals surface area contributed by atoms with Gasteiger partial charge in [-0.3, -0.25) is 4.79 Å². The maximum Gasteiger partial charge on any atom is 0.139 e. The lowest BCUT2D eigenvalue weighted by Gasteiger charge is -2.32. The molecule has 1 aromatic carbocycles. The van der Waals surface area contributed by atoms with E-state index in [4.69, 9.17) is 0 Å². The quantitative estimate of drug-likeness (QED) is 0.815. The van der Waals surface area contributed by atoms with Gasteiger partial charge in [0.1, 0.15) is 5.78 Å². The Morgan fingerprint density at radius 2 is 1.53 bits per heavy atom. The third-order valence-corrected chi connectivity index (χ3v) is 4.36. The van der Waals surface area contributed by atoms with Crippen LogP contribution in [0, 0.1) is 5.92 Å². The molecule has 3 heteroatoms. The summed E-state index contributed by atoms with van der Waals surface area (Å²) in [6, 6.07) is 8.86. The van der Waals surface area contributed by atoms with E-state index in [1.807, 2.05) is 6.92 Å². The van der Waals surface area contributed by atoms with Gasteiger partial charge in [-0.05, 0) is 37.1 Å². The Morgan fingerprint density at radius 3 is 2.11 bits per heavy atom. The summed E-state index contributed by atoms with van der Waals surface area (Å²) in [6.45, 7) is 6.14. The molecule has 0 spiro atoms. The zero-order chi connectivity index (χ0) is 13.2. The minimum atomic E-state index is 0.173. The normalized spacial score (nSPS) is 24.1. The van der Waals surface area contributed by atoms with Crippen LogP contribution < -0.4 is 9.80 Å². The second-order valence-corrected chi connectivity index (χ2v) is 5.77. The lowest BCUT2D eigenvalue weighted by molar-refractivity contribution is -0.122. The van der Waals surface area contributed by atoms with Gasteiger partial charge < -0.3 is 9.80 Å². The number of anilines is 2. The van der Waals surface area contributed by atoms with Crippen molar-refractivity contribution in [2.75, 3.05) is 36.0 Å². The van der Waals surface area contributed by atoms with Gasteiger partial charge in [0.25, 0.3) is 0 Å². The molecule has 0 aromatic heterocycles. The number of piperidine rings is 1. The zero-order valence-electron chi connectivity index (χ0n) is 11.6. The highest BCUT2D eigenvalue weighted by atomic mass is 16.1. The summed E-state index contributed by atoms with van der Waals surface area (Å²) < 4.78 is 0. The molecule has 3 rings (SSSR count). The highest BCUT2D eigenvalue weighted by molar-refractivity contribution is 5.83. The van der Waals surface area contributed by atoms with Gasteiger partial charge in [-0.2, -0.15) is 0 Å². The molecular weight excluding hydrogens is 236 g/mol. The maximum atomic E-state index is 11.6. The first-order chi connectivity index (χ1) is 9.24. The maximum absolute atomic E-state index is 11.6. The number of nitrogens with zero attached hydrogens (tertiary/aromatic N) is 2. The molecule has 19 heavy (non-hydrogen) atoms. The summed E-state index contributed by atoms with van der Waals surface area (Å²) in [7, 11) is 0. The zero-order valence-corrected chi connectivity index (χ0v) is 11.6. The smallest absolute Gasteiger partial charge is 0.139 e. The predicted molar refractivity (Wildman–Crippen MR) is 78.9 cm³/mol. The number of benzene rings is 1. The van der Waals surface area contributed by atoms with Gasteiger partial charge in [-0.15, -0.1) is 0 Å². The van der Waals surface area contributed by atoms with E-state index in [2.05, 4.69) is 34.1 Å². The van der Waals surface area contributed by atoms with Crippen LogP contribution in [-0.2, 0) is 4.79 Å². The minimum absolute atomic E-state index is 0.173. The van der Waals surface area contributed by atoms with Gasteiger partial charge in [0.2, 0.25) is 0 Å². The largest absolute Gasteiger partial charge is 0.372 e. The van der Waals surface area contributed by atoms with Gasteiger partial charge in [0, 0.05) is 49.9 Å². The van der Waals surface area contributed by atoms with Crippen LogP contribution in [0.1, 0.15) is 26.2 Å². The van der Waals surface area contributed by atoms with E-state index in [1.54, 1.807) is 0 Å². The first-order valence-electron chi connectivity index (χ1n) is 7.37. The number of hydrogen-bond donors (Lipinski definition) is 0. The Kier molecular flexibility index (Phi) is 3.45. The average Bonchev–Trinajstić information content (AvgIpc) is 2.96. The number of Topliss-reactive ketones (excluding diaryl/α,β-unsaturated/α-hetero) is 1. The van der Waals surface area contributed by atoms with Crippen molar-refractivity contribution in [3.05, 3.63) is 24.3 Å². The van der Waals surface area contributed by atoms with Crippen LogP contribution in [0.3, 0.4) is 0 Å². The Labute approximate surface area is 115 Å². The molecule has 2 heterocycles. The van der Waals surface area contributed by atoms with Gasteiger partial charge in [-0.25, -0.2) is 0 Å². The van der Waals surface area contributed by atoms with Crippen molar-refractivity contribution in [3.63, 3.8) is 0 Å². The second kappa shape index (κ2) is 5.24. The molecule has 2 aliphatic heterocycles. The molecule has 0 radical (unpaired) electrons. The molecule has 3 nitrogen and oxygen atoms in total. The van der Waals surface area contributed by atoms with Crippen LogP contribution in [0.5, 0.6) is 0 Å². The van der Waals surface area contributed by atoms with Crippen molar-refractivity contribution >= 4 is 17.2 Å². The molecule has 0 bridgehead atoms. The SMILES string of the molecule is CC1CN(c2ccc(N3CCCC3)cc2)CCC1=O. The highest BCUT2D eigenvalue weighted by Gasteiger charge is 2.23. The lowest BCUT2D eigenvalue weighted by atomic mass is 9.98. The van der Waals surface area contributed by atoms with Crippen LogP contribution in [0.2, 0.25) is 0 Å². The molecule has 1 unspecified atom stereocenters.